The lowest BCUT2D eigenvalue weighted by molar-refractivity contribution is -0.115. The Balaban J connectivity index is 1.50. The fraction of sp³-hybridized carbons (Fsp3) is 0.421. The summed E-state index contributed by atoms with van der Waals surface area (Å²) in [6.07, 6.45) is 2.47. The van der Waals surface area contributed by atoms with Gasteiger partial charge in [0.1, 0.15) is 5.82 Å². The van der Waals surface area contributed by atoms with E-state index in [4.69, 9.17) is 0 Å². The molecule has 1 aliphatic heterocycles. The number of hydrogen-bond acceptors (Lipinski definition) is 6. The summed E-state index contributed by atoms with van der Waals surface area (Å²) in [5.74, 6) is 1.23. The minimum absolute atomic E-state index is 0.0509. The third-order valence-electron chi connectivity index (χ3n) is 4.43. The number of aromatic nitrogens is 2. The molecule has 7 nitrogen and oxygen atoms in total. The second-order valence-electron chi connectivity index (χ2n) is 6.67. The van der Waals surface area contributed by atoms with Gasteiger partial charge in [-0.3, -0.25) is 4.79 Å². The van der Waals surface area contributed by atoms with E-state index in [1.54, 1.807) is 6.20 Å². The number of carbonyl (C=O) groups is 1. The zero-order valence-corrected chi connectivity index (χ0v) is 15.2. The van der Waals surface area contributed by atoms with Gasteiger partial charge in [0.25, 0.3) is 0 Å². The summed E-state index contributed by atoms with van der Waals surface area (Å²) in [6, 6.07) is 7.82. The Labute approximate surface area is 153 Å². The molecular weight excluding hydrogens is 330 g/mol. The molecule has 26 heavy (non-hydrogen) atoms. The molecule has 1 amide bonds. The molecule has 1 saturated heterocycles. The average Bonchev–Trinajstić information content (AvgIpc) is 3.05. The molecule has 0 spiro atoms. The predicted octanol–water partition coefficient (Wildman–Crippen LogP) is 2.11. The van der Waals surface area contributed by atoms with E-state index in [1.165, 1.54) is 0 Å². The first-order chi connectivity index (χ1) is 12.5. The van der Waals surface area contributed by atoms with Crippen LogP contribution in [0.1, 0.15) is 24.0 Å². The molecule has 0 radical (unpaired) electrons. The second kappa shape index (κ2) is 8.14. The van der Waals surface area contributed by atoms with Crippen LogP contribution in [0.5, 0.6) is 0 Å². The number of β-amino-alcohol motifs (C(OH)–C–C–N with tert-alkyl or cyclic N) is 1. The third-order valence-corrected chi connectivity index (χ3v) is 4.43. The zero-order chi connectivity index (χ0) is 18.5. The molecule has 2 heterocycles. The van der Waals surface area contributed by atoms with Crippen LogP contribution in [0.3, 0.4) is 0 Å². The van der Waals surface area contributed by atoms with E-state index in [-0.39, 0.29) is 12.0 Å². The quantitative estimate of drug-likeness (QED) is 0.735. The molecule has 1 aromatic carbocycles. The Hall–Kier alpha value is -2.67. The normalized spacial score (nSPS) is 16.6. The largest absolute Gasteiger partial charge is 0.391 e. The van der Waals surface area contributed by atoms with Crippen LogP contribution in [0.25, 0.3) is 0 Å². The number of aryl methyl sites for hydroxylation is 2. The summed E-state index contributed by atoms with van der Waals surface area (Å²) >= 11 is 0. The van der Waals surface area contributed by atoms with Gasteiger partial charge in [0.15, 0.2) is 0 Å². The summed E-state index contributed by atoms with van der Waals surface area (Å²) in [5.41, 5.74) is 3.00. The van der Waals surface area contributed by atoms with Crippen molar-refractivity contribution in [3.8, 4) is 0 Å². The van der Waals surface area contributed by atoms with Crippen molar-refractivity contribution in [2.45, 2.75) is 32.8 Å². The highest BCUT2D eigenvalue weighted by atomic mass is 16.3. The van der Waals surface area contributed by atoms with E-state index >= 15 is 0 Å². The summed E-state index contributed by atoms with van der Waals surface area (Å²) in [6.45, 7) is 5.80. The highest BCUT2D eigenvalue weighted by Crippen LogP contribution is 2.19. The lowest BCUT2D eigenvalue weighted by Gasteiger charge is -2.17. The van der Waals surface area contributed by atoms with Crippen molar-refractivity contribution in [2.24, 2.45) is 0 Å². The Morgan fingerprint density at radius 3 is 2.96 bits per heavy atom. The van der Waals surface area contributed by atoms with Crippen molar-refractivity contribution in [1.82, 2.24) is 9.97 Å². The van der Waals surface area contributed by atoms with Gasteiger partial charge in [0.2, 0.25) is 11.9 Å². The smallest absolute Gasteiger partial charge is 0.226 e. The second-order valence-corrected chi connectivity index (χ2v) is 6.67. The molecule has 1 fully saturated rings. The van der Waals surface area contributed by atoms with Crippen molar-refractivity contribution < 1.29 is 9.90 Å². The molecule has 7 heteroatoms. The first-order valence-electron chi connectivity index (χ1n) is 8.88. The maximum absolute atomic E-state index is 12.2. The van der Waals surface area contributed by atoms with Crippen LogP contribution in [0.4, 0.5) is 17.5 Å². The van der Waals surface area contributed by atoms with Crippen molar-refractivity contribution in [2.75, 3.05) is 35.2 Å². The fourth-order valence-corrected chi connectivity index (χ4v) is 2.93. The van der Waals surface area contributed by atoms with Gasteiger partial charge in [-0.05, 0) is 43.5 Å². The van der Waals surface area contributed by atoms with Crippen LogP contribution >= 0.6 is 0 Å². The molecule has 0 bridgehead atoms. The van der Waals surface area contributed by atoms with Gasteiger partial charge in [0, 0.05) is 37.9 Å². The summed E-state index contributed by atoms with van der Waals surface area (Å²) < 4.78 is 0. The van der Waals surface area contributed by atoms with Crippen molar-refractivity contribution in [3.05, 3.63) is 41.6 Å². The number of amides is 1. The molecule has 138 valence electrons. The number of aliphatic hydroxyl groups is 1. The molecule has 3 N–H and O–H groups in total. The molecular formula is C19H25N5O2. The minimum Gasteiger partial charge on any atom is -0.391 e. The lowest BCUT2D eigenvalue weighted by Crippen LogP contribution is -2.23. The van der Waals surface area contributed by atoms with Crippen LogP contribution in [-0.2, 0) is 4.79 Å². The lowest BCUT2D eigenvalue weighted by atomic mass is 10.1. The Morgan fingerprint density at radius 2 is 2.19 bits per heavy atom. The van der Waals surface area contributed by atoms with Gasteiger partial charge in [-0.2, -0.15) is 4.98 Å². The summed E-state index contributed by atoms with van der Waals surface area (Å²) in [7, 11) is 0. The molecule has 2 aromatic rings. The first kappa shape index (κ1) is 18.1. The molecule has 1 atom stereocenters. The number of anilines is 3. The van der Waals surface area contributed by atoms with Gasteiger partial charge in [-0.1, -0.05) is 12.1 Å². The van der Waals surface area contributed by atoms with E-state index in [1.807, 2.05) is 43.0 Å². The fourth-order valence-electron chi connectivity index (χ4n) is 2.93. The maximum Gasteiger partial charge on any atom is 0.226 e. The van der Waals surface area contributed by atoms with Gasteiger partial charge >= 0.3 is 0 Å². The average molecular weight is 355 g/mol. The van der Waals surface area contributed by atoms with Gasteiger partial charge in [0.05, 0.1) is 6.10 Å². The Bertz CT molecular complexity index is 780. The van der Waals surface area contributed by atoms with Gasteiger partial charge < -0.3 is 20.6 Å². The third kappa shape index (κ3) is 4.70. The van der Waals surface area contributed by atoms with Crippen molar-refractivity contribution in [1.29, 1.82) is 0 Å². The van der Waals surface area contributed by atoms with Crippen LogP contribution in [0, 0.1) is 13.8 Å². The number of nitrogens with one attached hydrogen (secondary N) is 2. The first-order valence-corrected chi connectivity index (χ1v) is 8.88. The highest BCUT2D eigenvalue weighted by Gasteiger charge is 2.21. The molecule has 0 saturated carbocycles. The molecule has 0 aliphatic carbocycles. The summed E-state index contributed by atoms with van der Waals surface area (Å²) in [4.78, 5) is 22.8. The Morgan fingerprint density at radius 1 is 1.35 bits per heavy atom. The monoisotopic (exact) mass is 355 g/mol. The maximum atomic E-state index is 12.2. The van der Waals surface area contributed by atoms with Crippen molar-refractivity contribution in [3.63, 3.8) is 0 Å². The topological polar surface area (TPSA) is 90.4 Å². The zero-order valence-electron chi connectivity index (χ0n) is 15.2. The van der Waals surface area contributed by atoms with Crippen LogP contribution in [0.15, 0.2) is 30.5 Å². The van der Waals surface area contributed by atoms with Gasteiger partial charge in [-0.25, -0.2) is 4.98 Å². The number of carbonyl (C=O) groups excluding carboxylic acids is 1. The summed E-state index contributed by atoms with van der Waals surface area (Å²) in [5, 5.41) is 15.7. The van der Waals surface area contributed by atoms with Crippen LogP contribution in [-0.4, -0.2) is 46.7 Å². The number of aliphatic hydroxyl groups excluding tert-OH is 1. The van der Waals surface area contributed by atoms with E-state index < -0.39 is 0 Å². The van der Waals surface area contributed by atoms with E-state index in [0.29, 0.717) is 25.5 Å². The van der Waals surface area contributed by atoms with Crippen LogP contribution in [0.2, 0.25) is 0 Å². The molecule has 1 aromatic heterocycles. The number of nitrogens with zero attached hydrogens (tertiary/aromatic N) is 3. The number of benzene rings is 1. The molecule has 1 aliphatic rings. The van der Waals surface area contributed by atoms with E-state index in [0.717, 1.165) is 35.6 Å². The highest BCUT2D eigenvalue weighted by molar-refractivity contribution is 5.91. The van der Waals surface area contributed by atoms with Crippen molar-refractivity contribution >= 4 is 23.4 Å². The molecule has 3 rings (SSSR count). The SMILES string of the molecule is Cc1ccc(C)c(NC(=O)CCNc2nccc(N3CC[C@H](O)C3)n2)c1. The molecule has 0 unspecified atom stereocenters. The predicted molar refractivity (Wildman–Crippen MR) is 103 cm³/mol. The van der Waals surface area contributed by atoms with E-state index in [9.17, 15) is 9.90 Å². The van der Waals surface area contributed by atoms with Gasteiger partial charge in [-0.15, -0.1) is 0 Å². The minimum atomic E-state index is -0.296. The van der Waals surface area contributed by atoms with E-state index in [2.05, 4.69) is 20.6 Å². The number of hydrogen-bond donors (Lipinski definition) is 3. The standard InChI is InChI=1S/C19H25N5O2/c1-13-3-4-14(2)16(11-13)22-18(26)6-9-21-19-20-8-5-17(23-19)24-10-7-15(25)12-24/h3-5,8,11,15,25H,6-7,9-10,12H2,1-2H3,(H,22,26)(H,20,21,23)/t15-/m0/s1. The van der Waals surface area contributed by atoms with Crippen LogP contribution < -0.4 is 15.5 Å². The number of rotatable bonds is 6. The Kier molecular flexibility index (Phi) is 5.68.